The van der Waals surface area contributed by atoms with Crippen LogP contribution in [0.15, 0.2) is 63.1 Å². The van der Waals surface area contributed by atoms with Gasteiger partial charge in [0.05, 0.1) is 18.4 Å². The summed E-state index contributed by atoms with van der Waals surface area (Å²) < 4.78 is 16.9. The van der Waals surface area contributed by atoms with Crippen LogP contribution in [-0.4, -0.2) is 27.8 Å². The van der Waals surface area contributed by atoms with Crippen LogP contribution < -0.4 is 4.74 Å². The molecule has 0 radical (unpaired) electrons. The standard InChI is InChI=1S/C24H21NO6/c1-13-5-7-19(30-13)21-20(23(27)24(28)25(21)12-17-4-3-9-29-17)22(26)15-6-8-18-16(11-15)10-14(2)31-18/h3-9,11,14,21,26H,10,12H2,1-2H3/b22-20-. The number of aliphatic hydroxyl groups is 1. The molecule has 1 saturated heterocycles. The summed E-state index contributed by atoms with van der Waals surface area (Å²) >= 11 is 0. The van der Waals surface area contributed by atoms with Gasteiger partial charge in [0.2, 0.25) is 0 Å². The van der Waals surface area contributed by atoms with Crippen molar-refractivity contribution in [1.29, 1.82) is 0 Å². The van der Waals surface area contributed by atoms with Crippen molar-refractivity contribution in [2.24, 2.45) is 0 Å². The number of nitrogens with zero attached hydrogens (tertiary/aromatic N) is 1. The van der Waals surface area contributed by atoms with Crippen LogP contribution in [0.2, 0.25) is 0 Å². The van der Waals surface area contributed by atoms with E-state index in [2.05, 4.69) is 0 Å². The van der Waals surface area contributed by atoms with Crippen molar-refractivity contribution in [3.8, 4) is 5.75 Å². The molecule has 0 bridgehead atoms. The second-order valence-electron chi connectivity index (χ2n) is 7.91. The maximum absolute atomic E-state index is 13.0. The Balaban J connectivity index is 1.62. The summed E-state index contributed by atoms with van der Waals surface area (Å²) in [6, 6.07) is 11.3. The Morgan fingerprint density at radius 1 is 1.19 bits per heavy atom. The van der Waals surface area contributed by atoms with Crippen molar-refractivity contribution in [1.82, 2.24) is 4.90 Å². The molecule has 3 aromatic rings. The number of carbonyl (C=O) groups is 2. The Bertz CT molecular complexity index is 1200. The molecular weight excluding hydrogens is 398 g/mol. The highest BCUT2D eigenvalue weighted by Crippen LogP contribution is 2.41. The Labute approximate surface area is 178 Å². The minimum absolute atomic E-state index is 0.00202. The molecule has 0 saturated carbocycles. The fourth-order valence-corrected chi connectivity index (χ4v) is 4.23. The summed E-state index contributed by atoms with van der Waals surface area (Å²) in [5, 5.41) is 11.2. The van der Waals surface area contributed by atoms with Crippen LogP contribution >= 0.6 is 0 Å². The summed E-state index contributed by atoms with van der Waals surface area (Å²) in [4.78, 5) is 27.3. The molecule has 0 aliphatic carbocycles. The van der Waals surface area contributed by atoms with E-state index in [4.69, 9.17) is 13.6 Å². The minimum atomic E-state index is -0.859. The fourth-order valence-electron chi connectivity index (χ4n) is 4.23. The van der Waals surface area contributed by atoms with E-state index >= 15 is 0 Å². The molecule has 0 spiro atoms. The van der Waals surface area contributed by atoms with E-state index in [1.165, 1.54) is 11.2 Å². The number of fused-ring (bicyclic) bond motifs is 1. The molecule has 1 fully saturated rings. The zero-order valence-electron chi connectivity index (χ0n) is 17.1. The van der Waals surface area contributed by atoms with Gasteiger partial charge in [0.25, 0.3) is 11.7 Å². The number of likely N-dealkylation sites (tertiary alicyclic amines) is 1. The lowest BCUT2D eigenvalue weighted by molar-refractivity contribution is -0.140. The average molecular weight is 419 g/mol. The molecule has 2 atom stereocenters. The largest absolute Gasteiger partial charge is 0.507 e. The molecule has 5 rings (SSSR count). The quantitative estimate of drug-likeness (QED) is 0.388. The number of carbonyl (C=O) groups excluding carboxylic acids is 2. The first-order valence-corrected chi connectivity index (χ1v) is 10.1. The number of ether oxygens (including phenoxy) is 1. The number of aliphatic hydroxyl groups excluding tert-OH is 1. The molecule has 2 unspecified atom stereocenters. The van der Waals surface area contributed by atoms with Crippen molar-refractivity contribution < 1.29 is 28.3 Å². The third-order valence-electron chi connectivity index (χ3n) is 5.65. The third-order valence-corrected chi connectivity index (χ3v) is 5.65. The van der Waals surface area contributed by atoms with Gasteiger partial charge in [0.15, 0.2) is 0 Å². The number of amides is 1. The SMILES string of the molecule is Cc1ccc(C2/C(=C(/O)c3ccc4c(c3)CC(C)O4)C(=O)C(=O)N2Cc2ccco2)o1. The number of aryl methyl sites for hydroxylation is 1. The lowest BCUT2D eigenvalue weighted by Crippen LogP contribution is -2.28. The monoisotopic (exact) mass is 419 g/mol. The van der Waals surface area contributed by atoms with Gasteiger partial charge in [-0.2, -0.15) is 0 Å². The number of ketones is 1. The fraction of sp³-hybridized carbons (Fsp3) is 0.250. The number of rotatable bonds is 4. The van der Waals surface area contributed by atoms with Gasteiger partial charge < -0.3 is 23.6 Å². The predicted molar refractivity (Wildman–Crippen MR) is 110 cm³/mol. The number of hydrogen-bond donors (Lipinski definition) is 1. The van der Waals surface area contributed by atoms with Crippen molar-refractivity contribution in [3.63, 3.8) is 0 Å². The Kier molecular flexibility index (Phi) is 4.46. The molecular formula is C24H21NO6. The van der Waals surface area contributed by atoms with Gasteiger partial charge in [0.1, 0.15) is 40.9 Å². The number of benzene rings is 1. The second-order valence-corrected chi connectivity index (χ2v) is 7.91. The first kappa shape index (κ1) is 19.2. The van der Waals surface area contributed by atoms with Gasteiger partial charge in [-0.1, -0.05) is 0 Å². The molecule has 31 heavy (non-hydrogen) atoms. The second kappa shape index (κ2) is 7.19. The van der Waals surface area contributed by atoms with Crippen LogP contribution in [0.4, 0.5) is 0 Å². The molecule has 4 heterocycles. The lowest BCUT2D eigenvalue weighted by Gasteiger charge is -2.22. The van der Waals surface area contributed by atoms with Crippen molar-refractivity contribution in [3.05, 3.63) is 82.7 Å². The zero-order valence-corrected chi connectivity index (χ0v) is 17.1. The number of hydrogen-bond acceptors (Lipinski definition) is 6. The van der Waals surface area contributed by atoms with E-state index in [-0.39, 0.29) is 24.0 Å². The molecule has 2 aromatic heterocycles. The summed E-state index contributed by atoms with van der Waals surface area (Å²) in [7, 11) is 0. The molecule has 1 N–H and O–H groups in total. The topological polar surface area (TPSA) is 93.1 Å². The molecule has 158 valence electrons. The highest BCUT2D eigenvalue weighted by Gasteiger charge is 2.48. The molecule has 2 aliphatic heterocycles. The first-order valence-electron chi connectivity index (χ1n) is 10.1. The van der Waals surface area contributed by atoms with Crippen molar-refractivity contribution in [2.75, 3.05) is 0 Å². The van der Waals surface area contributed by atoms with E-state index in [1.807, 2.05) is 6.92 Å². The van der Waals surface area contributed by atoms with Gasteiger partial charge in [-0.15, -0.1) is 0 Å². The van der Waals surface area contributed by atoms with Gasteiger partial charge in [-0.3, -0.25) is 9.59 Å². The van der Waals surface area contributed by atoms with Crippen LogP contribution in [0.3, 0.4) is 0 Å². The van der Waals surface area contributed by atoms with Gasteiger partial charge >= 0.3 is 0 Å². The third kappa shape index (κ3) is 3.22. The Morgan fingerprint density at radius 3 is 2.74 bits per heavy atom. The van der Waals surface area contributed by atoms with E-state index in [9.17, 15) is 14.7 Å². The molecule has 1 aromatic carbocycles. The van der Waals surface area contributed by atoms with Crippen LogP contribution in [0.5, 0.6) is 5.75 Å². The zero-order chi connectivity index (χ0) is 21.7. The maximum atomic E-state index is 13.0. The smallest absolute Gasteiger partial charge is 0.296 e. The average Bonchev–Trinajstić information content (AvgIpc) is 3.51. The van der Waals surface area contributed by atoms with Gasteiger partial charge in [0, 0.05) is 12.0 Å². The van der Waals surface area contributed by atoms with E-state index < -0.39 is 17.7 Å². The minimum Gasteiger partial charge on any atom is -0.507 e. The summed E-state index contributed by atoms with van der Waals surface area (Å²) in [6.45, 7) is 3.83. The van der Waals surface area contributed by atoms with E-state index in [0.29, 0.717) is 29.3 Å². The number of furan rings is 2. The summed E-state index contributed by atoms with van der Waals surface area (Å²) in [5.41, 5.74) is 1.41. The van der Waals surface area contributed by atoms with Crippen molar-refractivity contribution in [2.45, 2.75) is 39.0 Å². The number of Topliss-reactive ketones (excluding diaryl/α,β-unsaturated/α-hetero) is 1. The Hall–Kier alpha value is -3.74. The first-order chi connectivity index (χ1) is 14.9. The summed E-state index contributed by atoms with van der Waals surface area (Å²) in [5.74, 6) is 0.634. The van der Waals surface area contributed by atoms with Crippen LogP contribution in [0.1, 0.15) is 41.4 Å². The molecule has 7 heteroatoms. The molecule has 7 nitrogen and oxygen atoms in total. The maximum Gasteiger partial charge on any atom is 0.296 e. The van der Waals surface area contributed by atoms with Gasteiger partial charge in [-0.25, -0.2) is 0 Å². The van der Waals surface area contributed by atoms with Crippen molar-refractivity contribution >= 4 is 17.4 Å². The van der Waals surface area contributed by atoms with E-state index in [0.717, 1.165) is 11.3 Å². The van der Waals surface area contributed by atoms with Crippen LogP contribution in [-0.2, 0) is 22.6 Å². The van der Waals surface area contributed by atoms with Gasteiger partial charge in [-0.05, 0) is 61.9 Å². The van der Waals surface area contributed by atoms with E-state index in [1.54, 1.807) is 49.4 Å². The van der Waals surface area contributed by atoms with Crippen LogP contribution in [0.25, 0.3) is 5.76 Å². The lowest BCUT2D eigenvalue weighted by atomic mass is 9.97. The predicted octanol–water partition coefficient (Wildman–Crippen LogP) is 4.13. The molecule has 2 aliphatic rings. The molecule has 1 amide bonds. The van der Waals surface area contributed by atoms with Crippen LogP contribution in [0, 0.1) is 6.92 Å². The normalized spacial score (nSPS) is 22.1. The Morgan fingerprint density at radius 2 is 2.03 bits per heavy atom. The highest BCUT2D eigenvalue weighted by atomic mass is 16.5. The summed E-state index contributed by atoms with van der Waals surface area (Å²) in [6.07, 6.45) is 2.27. The highest BCUT2D eigenvalue weighted by molar-refractivity contribution is 6.46.